The molecule has 44 heavy (non-hydrogen) atoms. The molecule has 11 nitrogen and oxygen atoms in total. The third-order valence-electron chi connectivity index (χ3n) is 5.36. The second-order valence-electron chi connectivity index (χ2n) is 9.13. The summed E-state index contributed by atoms with van der Waals surface area (Å²) in [6, 6.07) is 18.0. The molecule has 236 valence electrons. The zero-order valence-electron chi connectivity index (χ0n) is 23.8. The lowest BCUT2D eigenvalue weighted by atomic mass is 10.0. The standard InChI is InChI=1S/C27H30BrN5O4.C2HF3O2/c1-4-36-23-15-18(10-13-22(23)37-16(2)3)24(31-21-11-8-17(9-12-21)25(29)30)27(35)33-32-26(34)19-6-5-7-20(28)14-19;3-2(4,5)1(6)7/h5-16,24,31H,4H2,1-3H3,(H3,29,30)(H,32,34)(H,33,35);(H,6,7). The molecule has 3 aromatic rings. The molecule has 3 rings (SSSR count). The van der Waals surface area contributed by atoms with E-state index in [1.807, 2.05) is 20.8 Å². The summed E-state index contributed by atoms with van der Waals surface area (Å²) >= 11 is 3.33. The number of carboxylic acid groups (broad SMARTS) is 1. The number of anilines is 1. The van der Waals surface area contributed by atoms with E-state index in [1.54, 1.807) is 66.7 Å². The molecule has 0 spiro atoms. The van der Waals surface area contributed by atoms with Gasteiger partial charge in [0.05, 0.1) is 12.7 Å². The van der Waals surface area contributed by atoms with Crippen LogP contribution in [0.3, 0.4) is 0 Å². The smallest absolute Gasteiger partial charge is 0.490 e. The fraction of sp³-hybridized carbons (Fsp3) is 0.241. The predicted molar refractivity (Wildman–Crippen MR) is 161 cm³/mol. The third kappa shape index (κ3) is 11.1. The Balaban J connectivity index is 0.000000860. The van der Waals surface area contributed by atoms with Crippen LogP contribution in [0.15, 0.2) is 71.2 Å². The SMILES string of the molecule is CCOc1cc(C(Nc2ccc(C(=N)N)cc2)C(=O)NNC(=O)c2cccc(Br)c2)ccc1OC(C)C.O=C(O)C(F)(F)F. The second-order valence-corrected chi connectivity index (χ2v) is 10.0. The number of rotatable bonds is 10. The Morgan fingerprint density at radius 3 is 2.14 bits per heavy atom. The van der Waals surface area contributed by atoms with Crippen molar-refractivity contribution in [2.75, 3.05) is 11.9 Å². The number of carbonyl (C=O) groups is 3. The molecular formula is C29H31BrF3N5O6. The van der Waals surface area contributed by atoms with Gasteiger partial charge in [-0.05, 0) is 80.9 Å². The van der Waals surface area contributed by atoms with Crippen LogP contribution in [0.5, 0.6) is 11.5 Å². The summed E-state index contributed by atoms with van der Waals surface area (Å²) in [5.74, 6) is -2.72. The van der Waals surface area contributed by atoms with E-state index in [4.69, 9.17) is 30.5 Å². The summed E-state index contributed by atoms with van der Waals surface area (Å²) in [5.41, 5.74) is 12.7. The number of halogens is 4. The highest BCUT2D eigenvalue weighted by molar-refractivity contribution is 9.10. The van der Waals surface area contributed by atoms with Crippen molar-refractivity contribution < 1.29 is 42.1 Å². The maximum Gasteiger partial charge on any atom is 0.490 e. The lowest BCUT2D eigenvalue weighted by Crippen LogP contribution is -2.45. The number of benzene rings is 3. The van der Waals surface area contributed by atoms with E-state index in [0.717, 1.165) is 4.47 Å². The van der Waals surface area contributed by atoms with E-state index in [1.165, 1.54) is 0 Å². The van der Waals surface area contributed by atoms with Crippen LogP contribution in [-0.4, -0.2) is 47.6 Å². The van der Waals surface area contributed by atoms with Gasteiger partial charge in [-0.25, -0.2) is 4.79 Å². The molecule has 7 N–H and O–H groups in total. The van der Waals surface area contributed by atoms with Crippen LogP contribution in [0, 0.1) is 5.41 Å². The summed E-state index contributed by atoms with van der Waals surface area (Å²) in [6.07, 6.45) is -5.14. The molecular weight excluding hydrogens is 651 g/mol. The maximum atomic E-state index is 13.3. The molecule has 0 saturated heterocycles. The first-order chi connectivity index (χ1) is 20.6. The van der Waals surface area contributed by atoms with Crippen molar-refractivity contribution in [2.24, 2.45) is 5.73 Å². The van der Waals surface area contributed by atoms with Gasteiger partial charge in [0.1, 0.15) is 11.9 Å². The number of amidine groups is 1. The van der Waals surface area contributed by atoms with Gasteiger partial charge in [0.25, 0.3) is 11.8 Å². The van der Waals surface area contributed by atoms with E-state index in [9.17, 15) is 22.8 Å². The lowest BCUT2D eigenvalue weighted by Gasteiger charge is -2.22. The number of hydrazine groups is 1. The number of nitrogen functional groups attached to an aromatic ring is 1. The topological polar surface area (TPSA) is 176 Å². The van der Waals surface area contributed by atoms with Gasteiger partial charge in [-0.3, -0.25) is 25.8 Å². The van der Waals surface area contributed by atoms with Crippen molar-refractivity contribution in [1.82, 2.24) is 10.9 Å². The number of carboxylic acids is 1. The maximum absolute atomic E-state index is 13.3. The van der Waals surface area contributed by atoms with Gasteiger partial charge in [-0.2, -0.15) is 13.2 Å². The molecule has 0 fully saturated rings. The molecule has 0 saturated carbocycles. The lowest BCUT2D eigenvalue weighted by molar-refractivity contribution is -0.192. The quantitative estimate of drug-likeness (QED) is 0.0965. The van der Waals surface area contributed by atoms with Crippen molar-refractivity contribution in [3.05, 3.63) is 87.9 Å². The number of nitrogens with one attached hydrogen (secondary N) is 4. The average Bonchev–Trinajstić information content (AvgIpc) is 2.95. The number of hydrogen-bond donors (Lipinski definition) is 6. The van der Waals surface area contributed by atoms with Gasteiger partial charge in [0.2, 0.25) is 0 Å². The summed E-state index contributed by atoms with van der Waals surface area (Å²) in [7, 11) is 0. The van der Waals surface area contributed by atoms with E-state index in [2.05, 4.69) is 32.1 Å². The highest BCUT2D eigenvalue weighted by Gasteiger charge is 2.38. The van der Waals surface area contributed by atoms with Gasteiger partial charge in [-0.15, -0.1) is 0 Å². The number of hydrogen-bond acceptors (Lipinski definition) is 7. The van der Waals surface area contributed by atoms with Crippen molar-refractivity contribution in [3.63, 3.8) is 0 Å². The van der Waals surface area contributed by atoms with Gasteiger partial charge < -0.3 is 25.6 Å². The minimum absolute atomic E-state index is 0.0572. The van der Waals surface area contributed by atoms with Crippen LogP contribution < -0.4 is 31.4 Å². The normalized spacial score (nSPS) is 11.4. The van der Waals surface area contributed by atoms with Crippen LogP contribution in [0.2, 0.25) is 0 Å². The monoisotopic (exact) mass is 681 g/mol. The molecule has 15 heteroatoms. The second kappa shape index (κ2) is 16.2. The number of aliphatic carboxylic acids is 1. The third-order valence-corrected chi connectivity index (χ3v) is 5.85. The molecule has 1 atom stereocenters. The van der Waals surface area contributed by atoms with Crippen molar-refractivity contribution in [3.8, 4) is 11.5 Å². The Labute approximate surface area is 259 Å². The zero-order valence-corrected chi connectivity index (χ0v) is 25.4. The van der Waals surface area contributed by atoms with Crippen molar-refractivity contribution >= 4 is 45.2 Å². The fourth-order valence-electron chi connectivity index (χ4n) is 3.43. The molecule has 0 radical (unpaired) electrons. The number of carbonyl (C=O) groups excluding carboxylic acids is 2. The van der Waals surface area contributed by atoms with Crippen LogP contribution in [-0.2, 0) is 9.59 Å². The van der Waals surface area contributed by atoms with Gasteiger partial charge in [0.15, 0.2) is 11.5 Å². The highest BCUT2D eigenvalue weighted by Crippen LogP contribution is 2.33. The molecule has 0 bridgehead atoms. The average molecular weight is 682 g/mol. The van der Waals surface area contributed by atoms with Gasteiger partial charge >= 0.3 is 12.1 Å². The Morgan fingerprint density at radius 1 is 0.977 bits per heavy atom. The molecule has 1 unspecified atom stereocenters. The zero-order chi connectivity index (χ0) is 33.0. The van der Waals surface area contributed by atoms with E-state index >= 15 is 0 Å². The van der Waals surface area contributed by atoms with E-state index in [0.29, 0.717) is 40.5 Å². The van der Waals surface area contributed by atoms with Gasteiger partial charge in [-0.1, -0.05) is 28.1 Å². The fourth-order valence-corrected chi connectivity index (χ4v) is 3.83. The van der Waals surface area contributed by atoms with Gasteiger partial charge in [0, 0.05) is 21.3 Å². The molecule has 0 aliphatic carbocycles. The van der Waals surface area contributed by atoms with Crippen LogP contribution >= 0.6 is 15.9 Å². The van der Waals surface area contributed by atoms with Crippen molar-refractivity contribution in [1.29, 1.82) is 5.41 Å². The Morgan fingerprint density at radius 2 is 1.61 bits per heavy atom. The Hall–Kier alpha value is -4.79. The first-order valence-corrected chi connectivity index (χ1v) is 13.7. The summed E-state index contributed by atoms with van der Waals surface area (Å²) < 4.78 is 44.1. The largest absolute Gasteiger partial charge is 0.490 e. The summed E-state index contributed by atoms with van der Waals surface area (Å²) in [6.45, 7) is 6.11. The Bertz CT molecular complexity index is 1470. The summed E-state index contributed by atoms with van der Waals surface area (Å²) in [4.78, 5) is 34.8. The molecule has 2 amide bonds. The Kier molecular flexibility index (Phi) is 13.0. The van der Waals surface area contributed by atoms with Crippen LogP contribution in [0.4, 0.5) is 18.9 Å². The minimum Gasteiger partial charge on any atom is -0.490 e. The van der Waals surface area contributed by atoms with Crippen molar-refractivity contribution in [2.45, 2.75) is 39.1 Å². The molecule has 0 aliphatic rings. The number of nitrogens with two attached hydrogens (primary N) is 1. The first kappa shape index (κ1) is 35.4. The first-order valence-electron chi connectivity index (χ1n) is 12.9. The molecule has 0 heterocycles. The molecule has 0 aliphatic heterocycles. The number of alkyl halides is 3. The number of ether oxygens (including phenoxy) is 2. The minimum atomic E-state index is -5.08. The molecule has 0 aromatic heterocycles. The van der Waals surface area contributed by atoms with Crippen LogP contribution in [0.25, 0.3) is 0 Å². The van der Waals surface area contributed by atoms with E-state index < -0.39 is 30.0 Å². The van der Waals surface area contributed by atoms with E-state index in [-0.39, 0.29) is 11.9 Å². The molecule has 3 aromatic carbocycles. The number of amides is 2. The predicted octanol–water partition coefficient (Wildman–Crippen LogP) is 5.17. The van der Waals surface area contributed by atoms with Crippen LogP contribution in [0.1, 0.15) is 48.3 Å². The highest BCUT2D eigenvalue weighted by atomic mass is 79.9. The summed E-state index contributed by atoms with van der Waals surface area (Å²) in [5, 5.41) is 17.9.